The van der Waals surface area contributed by atoms with E-state index in [1.54, 1.807) is 0 Å². The third kappa shape index (κ3) is 2.93. The van der Waals surface area contributed by atoms with E-state index in [9.17, 15) is 0 Å². The molecule has 0 aromatic carbocycles. The van der Waals surface area contributed by atoms with Crippen LogP contribution >= 0.6 is 0 Å². The van der Waals surface area contributed by atoms with Crippen molar-refractivity contribution in [2.45, 2.75) is 12.8 Å². The summed E-state index contributed by atoms with van der Waals surface area (Å²) in [6.45, 7) is 10.0. The van der Waals surface area contributed by atoms with E-state index in [0.29, 0.717) is 0 Å². The van der Waals surface area contributed by atoms with Crippen LogP contribution in [0.25, 0.3) is 0 Å². The first-order chi connectivity index (χ1) is 6.45. The maximum absolute atomic E-state index is 5.30. The Labute approximate surface area is 80.6 Å². The third-order valence-electron chi connectivity index (χ3n) is 2.84. The predicted octanol–water partition coefficient (Wildman–Crippen LogP) is 0.576. The summed E-state index contributed by atoms with van der Waals surface area (Å²) in [4.78, 5) is 4.91. The summed E-state index contributed by atoms with van der Waals surface area (Å²) in [6.07, 6.45) is 2.77. The average molecular weight is 183 g/mol. The molecule has 0 atom stereocenters. The fourth-order valence-electron chi connectivity index (χ4n) is 1.96. The molecule has 3 heteroatoms. The van der Waals surface area contributed by atoms with Gasteiger partial charge in [0.05, 0.1) is 13.2 Å². The molecule has 1 radical (unpaired) electrons. The van der Waals surface area contributed by atoms with Crippen molar-refractivity contribution in [2.75, 3.05) is 45.9 Å². The second-order valence-corrected chi connectivity index (χ2v) is 3.84. The summed E-state index contributed by atoms with van der Waals surface area (Å²) in [5.41, 5.74) is 0. The molecular weight excluding hydrogens is 164 g/mol. The number of likely N-dealkylation sites (tertiary alicyclic amines) is 1. The van der Waals surface area contributed by atoms with Crippen LogP contribution in [-0.4, -0.2) is 55.7 Å². The minimum absolute atomic E-state index is 0.899. The number of rotatable bonds is 3. The molecule has 2 saturated heterocycles. The lowest BCUT2D eigenvalue weighted by molar-refractivity contribution is 0.0481. The molecule has 0 aromatic heterocycles. The molecule has 3 nitrogen and oxygen atoms in total. The molecule has 0 aromatic rings. The van der Waals surface area contributed by atoms with E-state index >= 15 is 0 Å². The first-order valence-corrected chi connectivity index (χ1v) is 5.32. The lowest BCUT2D eigenvalue weighted by Gasteiger charge is -2.27. The monoisotopic (exact) mass is 183 g/mol. The van der Waals surface area contributed by atoms with Crippen molar-refractivity contribution in [2.24, 2.45) is 0 Å². The summed E-state index contributed by atoms with van der Waals surface area (Å²) in [6, 6.07) is 0. The first-order valence-electron chi connectivity index (χ1n) is 5.32. The average Bonchev–Trinajstić information content (AvgIpc) is 2.69. The Hall–Kier alpha value is -0.120. The molecule has 2 rings (SSSR count). The van der Waals surface area contributed by atoms with Crippen LogP contribution in [0, 0.1) is 6.54 Å². The topological polar surface area (TPSA) is 15.7 Å². The van der Waals surface area contributed by atoms with Crippen LogP contribution < -0.4 is 0 Å². The van der Waals surface area contributed by atoms with Gasteiger partial charge in [-0.1, -0.05) is 0 Å². The standard InChI is InChI=1S/C10H19N2O/c1-2-4-11(3-1)5-6-12-7-9-13-10-8-12/h6H,1-5,7-10H2. The van der Waals surface area contributed by atoms with Gasteiger partial charge in [-0.3, -0.25) is 4.90 Å². The highest BCUT2D eigenvalue weighted by molar-refractivity contribution is 4.77. The Balaban J connectivity index is 1.60. The summed E-state index contributed by atoms with van der Waals surface area (Å²) < 4.78 is 5.30. The van der Waals surface area contributed by atoms with Crippen molar-refractivity contribution in [1.82, 2.24) is 9.80 Å². The fraction of sp³-hybridized carbons (Fsp3) is 0.900. The molecule has 2 aliphatic heterocycles. The number of hydrogen-bond acceptors (Lipinski definition) is 3. The molecule has 2 heterocycles. The summed E-state index contributed by atoms with van der Waals surface area (Å²) in [5, 5.41) is 0. The van der Waals surface area contributed by atoms with Gasteiger partial charge in [0.2, 0.25) is 0 Å². The van der Waals surface area contributed by atoms with Gasteiger partial charge in [-0.15, -0.1) is 0 Å². The van der Waals surface area contributed by atoms with Crippen molar-refractivity contribution in [3.63, 3.8) is 0 Å². The molecule has 0 bridgehead atoms. The number of morpholine rings is 1. The second-order valence-electron chi connectivity index (χ2n) is 3.84. The lowest BCUT2D eigenvalue weighted by atomic mass is 10.4. The summed E-state index contributed by atoms with van der Waals surface area (Å²) in [7, 11) is 0. The van der Waals surface area contributed by atoms with Gasteiger partial charge in [-0.2, -0.15) is 0 Å². The zero-order valence-electron chi connectivity index (χ0n) is 8.24. The molecule has 13 heavy (non-hydrogen) atoms. The first kappa shape index (κ1) is 9.44. The Morgan fingerprint density at radius 2 is 1.69 bits per heavy atom. The number of nitrogens with zero attached hydrogens (tertiary/aromatic N) is 2. The molecular formula is C10H19N2O. The van der Waals surface area contributed by atoms with Gasteiger partial charge in [0, 0.05) is 26.2 Å². The fourth-order valence-corrected chi connectivity index (χ4v) is 1.96. The summed E-state index contributed by atoms with van der Waals surface area (Å²) in [5.74, 6) is 0. The second kappa shape index (κ2) is 4.94. The van der Waals surface area contributed by atoms with E-state index in [0.717, 1.165) is 32.8 Å². The van der Waals surface area contributed by atoms with Crippen molar-refractivity contribution in [3.8, 4) is 0 Å². The molecule has 0 saturated carbocycles. The molecule has 75 valence electrons. The van der Waals surface area contributed by atoms with Crippen LogP contribution in [-0.2, 0) is 4.74 Å². The summed E-state index contributed by atoms with van der Waals surface area (Å²) >= 11 is 0. The third-order valence-corrected chi connectivity index (χ3v) is 2.84. The minimum atomic E-state index is 0.899. The predicted molar refractivity (Wildman–Crippen MR) is 52.4 cm³/mol. The lowest BCUT2D eigenvalue weighted by Crippen LogP contribution is -2.37. The smallest absolute Gasteiger partial charge is 0.0594 e. The van der Waals surface area contributed by atoms with Crippen LogP contribution in [0.5, 0.6) is 0 Å². The van der Waals surface area contributed by atoms with Crippen LogP contribution in [0.1, 0.15) is 12.8 Å². The highest BCUT2D eigenvalue weighted by atomic mass is 16.5. The molecule has 0 N–H and O–H groups in total. The SMILES string of the molecule is [CH](CN1CCCC1)N1CCOCC1. The molecule has 0 aliphatic carbocycles. The zero-order chi connectivity index (χ0) is 8.93. The minimum Gasteiger partial charge on any atom is -0.379 e. The maximum atomic E-state index is 5.30. The number of hydrogen-bond donors (Lipinski definition) is 0. The highest BCUT2D eigenvalue weighted by Crippen LogP contribution is 2.08. The Morgan fingerprint density at radius 3 is 2.38 bits per heavy atom. The largest absolute Gasteiger partial charge is 0.379 e. The highest BCUT2D eigenvalue weighted by Gasteiger charge is 2.14. The molecule has 0 unspecified atom stereocenters. The Morgan fingerprint density at radius 1 is 1.00 bits per heavy atom. The Bertz CT molecular complexity index is 140. The van der Waals surface area contributed by atoms with Crippen LogP contribution in [0.4, 0.5) is 0 Å². The van der Waals surface area contributed by atoms with E-state index in [-0.39, 0.29) is 0 Å². The van der Waals surface area contributed by atoms with Gasteiger partial charge in [-0.05, 0) is 25.9 Å². The molecule has 2 fully saturated rings. The molecule has 0 spiro atoms. The number of ether oxygens (including phenoxy) is 1. The van der Waals surface area contributed by atoms with Gasteiger partial charge < -0.3 is 9.64 Å². The van der Waals surface area contributed by atoms with E-state index in [2.05, 4.69) is 16.3 Å². The van der Waals surface area contributed by atoms with Crippen molar-refractivity contribution < 1.29 is 4.74 Å². The van der Waals surface area contributed by atoms with Gasteiger partial charge in [0.15, 0.2) is 0 Å². The van der Waals surface area contributed by atoms with Gasteiger partial charge in [0.25, 0.3) is 0 Å². The van der Waals surface area contributed by atoms with Crippen LogP contribution in [0.2, 0.25) is 0 Å². The van der Waals surface area contributed by atoms with E-state index in [4.69, 9.17) is 4.74 Å². The van der Waals surface area contributed by atoms with Crippen LogP contribution in [0.15, 0.2) is 0 Å². The van der Waals surface area contributed by atoms with Gasteiger partial charge in [0.1, 0.15) is 0 Å². The van der Waals surface area contributed by atoms with Crippen LogP contribution in [0.3, 0.4) is 0 Å². The van der Waals surface area contributed by atoms with E-state index < -0.39 is 0 Å². The zero-order valence-corrected chi connectivity index (χ0v) is 8.24. The van der Waals surface area contributed by atoms with E-state index in [1.807, 2.05) is 0 Å². The Kier molecular flexibility index (Phi) is 3.58. The quantitative estimate of drug-likeness (QED) is 0.636. The molecule has 0 amide bonds. The molecule has 2 aliphatic rings. The maximum Gasteiger partial charge on any atom is 0.0594 e. The van der Waals surface area contributed by atoms with Gasteiger partial charge >= 0.3 is 0 Å². The van der Waals surface area contributed by atoms with Crippen molar-refractivity contribution in [1.29, 1.82) is 0 Å². The van der Waals surface area contributed by atoms with Crippen molar-refractivity contribution in [3.05, 3.63) is 6.54 Å². The van der Waals surface area contributed by atoms with Crippen molar-refractivity contribution >= 4 is 0 Å². The normalized spacial score (nSPS) is 26.8. The van der Waals surface area contributed by atoms with E-state index in [1.165, 1.54) is 25.9 Å². The van der Waals surface area contributed by atoms with Gasteiger partial charge in [-0.25, -0.2) is 0 Å².